The van der Waals surface area contributed by atoms with E-state index >= 15 is 0 Å². The zero-order valence-corrected chi connectivity index (χ0v) is 15.2. The number of aromatic nitrogens is 2. The van der Waals surface area contributed by atoms with E-state index in [1.807, 2.05) is 47.0 Å². The summed E-state index contributed by atoms with van der Waals surface area (Å²) in [6, 6.07) is 16.9. The number of benzene rings is 2. The molecule has 0 aliphatic heterocycles. The Morgan fingerprint density at radius 1 is 1.04 bits per heavy atom. The molecular weight excluding hydrogens is 346 g/mol. The fraction of sp³-hybridized carbons (Fsp3) is 0.0952. The van der Waals surface area contributed by atoms with Gasteiger partial charge in [0.1, 0.15) is 22.9 Å². The number of nitrogens with zero attached hydrogens (tertiary/aromatic N) is 2. The fourth-order valence-corrected chi connectivity index (χ4v) is 3.17. The summed E-state index contributed by atoms with van der Waals surface area (Å²) in [7, 11) is 0. The fourth-order valence-electron chi connectivity index (χ4n) is 3.01. The van der Waals surface area contributed by atoms with Gasteiger partial charge in [-0.25, -0.2) is 4.98 Å². The Morgan fingerprint density at radius 2 is 1.85 bits per heavy atom. The first-order chi connectivity index (χ1) is 12.5. The molecule has 0 fully saturated rings. The minimum Gasteiger partial charge on any atom is -0.508 e. The van der Waals surface area contributed by atoms with Gasteiger partial charge in [0.2, 0.25) is 0 Å². The van der Waals surface area contributed by atoms with Gasteiger partial charge in [0.25, 0.3) is 0 Å². The number of aromatic hydroxyl groups is 1. The summed E-state index contributed by atoms with van der Waals surface area (Å²) < 4.78 is 1.93. The molecule has 0 spiro atoms. The molecule has 26 heavy (non-hydrogen) atoms. The van der Waals surface area contributed by atoms with Crippen LogP contribution in [-0.2, 0) is 0 Å². The van der Waals surface area contributed by atoms with Crippen LogP contribution in [-0.4, -0.2) is 14.5 Å². The lowest BCUT2D eigenvalue weighted by molar-refractivity contribution is 0.475. The normalized spacial score (nSPS) is 11.0. The molecule has 0 radical (unpaired) electrons. The number of phenols is 1. The Bertz CT molecular complexity index is 1120. The maximum Gasteiger partial charge on any atom is 0.143 e. The molecule has 0 saturated heterocycles. The van der Waals surface area contributed by atoms with Gasteiger partial charge >= 0.3 is 0 Å². The quantitative estimate of drug-likeness (QED) is 0.489. The number of aryl methyl sites for hydroxylation is 1. The average molecular weight is 364 g/mol. The number of imidazole rings is 1. The van der Waals surface area contributed by atoms with Gasteiger partial charge in [-0.2, -0.15) is 0 Å². The van der Waals surface area contributed by atoms with Crippen LogP contribution in [0.25, 0.3) is 16.9 Å². The molecule has 0 amide bonds. The lowest BCUT2D eigenvalue weighted by Crippen LogP contribution is -1.99. The van der Waals surface area contributed by atoms with Crippen LogP contribution in [0.4, 0.5) is 11.5 Å². The molecule has 4 aromatic rings. The van der Waals surface area contributed by atoms with Crippen LogP contribution >= 0.6 is 11.6 Å². The molecular formula is C21H18ClN3O. The van der Waals surface area contributed by atoms with Crippen molar-refractivity contribution in [3.63, 3.8) is 0 Å². The van der Waals surface area contributed by atoms with E-state index in [9.17, 15) is 5.11 Å². The summed E-state index contributed by atoms with van der Waals surface area (Å²) in [6.45, 7) is 4.17. The van der Waals surface area contributed by atoms with Crippen molar-refractivity contribution in [3.05, 3.63) is 76.9 Å². The second kappa shape index (κ2) is 6.39. The molecule has 2 aromatic heterocycles. The maximum atomic E-state index is 9.88. The van der Waals surface area contributed by atoms with Gasteiger partial charge in [-0.3, -0.25) is 4.40 Å². The zero-order chi connectivity index (χ0) is 18.3. The molecule has 2 aromatic carbocycles. The molecule has 4 rings (SSSR count). The van der Waals surface area contributed by atoms with Crippen molar-refractivity contribution >= 4 is 28.8 Å². The third-order valence-electron chi connectivity index (χ3n) is 4.56. The highest BCUT2D eigenvalue weighted by Gasteiger charge is 2.16. The van der Waals surface area contributed by atoms with Crippen molar-refractivity contribution < 1.29 is 5.11 Å². The number of hydrogen-bond acceptors (Lipinski definition) is 3. The predicted molar refractivity (Wildman–Crippen MR) is 107 cm³/mol. The summed E-state index contributed by atoms with van der Waals surface area (Å²) in [5, 5.41) is 14.0. The number of pyridine rings is 1. The number of hydrogen-bond donors (Lipinski definition) is 2. The van der Waals surface area contributed by atoms with Crippen molar-refractivity contribution in [3.8, 4) is 17.0 Å². The molecule has 0 unspecified atom stereocenters. The molecule has 5 heteroatoms. The molecule has 0 aliphatic carbocycles. The minimum absolute atomic E-state index is 0.204. The number of fused-ring (bicyclic) bond motifs is 1. The Balaban J connectivity index is 1.94. The Labute approximate surface area is 156 Å². The summed E-state index contributed by atoms with van der Waals surface area (Å²) >= 11 is 6.21. The highest BCUT2D eigenvalue weighted by molar-refractivity contribution is 6.30. The van der Waals surface area contributed by atoms with Crippen LogP contribution in [0.2, 0.25) is 5.02 Å². The van der Waals surface area contributed by atoms with Crippen molar-refractivity contribution in [1.82, 2.24) is 9.38 Å². The van der Waals surface area contributed by atoms with Crippen molar-refractivity contribution in [2.45, 2.75) is 13.8 Å². The number of rotatable bonds is 3. The van der Waals surface area contributed by atoms with Crippen LogP contribution in [0.15, 0.2) is 60.8 Å². The van der Waals surface area contributed by atoms with Gasteiger partial charge in [0.15, 0.2) is 0 Å². The molecule has 0 bridgehead atoms. The molecule has 4 nitrogen and oxygen atoms in total. The number of anilines is 2. The van der Waals surface area contributed by atoms with Gasteiger partial charge in [0.05, 0.1) is 5.02 Å². The van der Waals surface area contributed by atoms with Crippen LogP contribution in [0.1, 0.15) is 11.1 Å². The van der Waals surface area contributed by atoms with Crippen molar-refractivity contribution in [2.24, 2.45) is 0 Å². The lowest BCUT2D eigenvalue weighted by atomic mass is 10.1. The smallest absolute Gasteiger partial charge is 0.143 e. The summed E-state index contributed by atoms with van der Waals surface area (Å²) in [6.07, 6.45) is 1.84. The van der Waals surface area contributed by atoms with Gasteiger partial charge in [-0.05, 0) is 55.3 Å². The van der Waals surface area contributed by atoms with E-state index in [1.165, 1.54) is 11.1 Å². The van der Waals surface area contributed by atoms with Crippen molar-refractivity contribution in [2.75, 3.05) is 5.32 Å². The van der Waals surface area contributed by atoms with Crippen LogP contribution < -0.4 is 5.32 Å². The molecule has 2 N–H and O–H groups in total. The first-order valence-electron chi connectivity index (χ1n) is 8.33. The number of halogens is 1. The third kappa shape index (κ3) is 2.89. The Kier molecular flexibility index (Phi) is 4.05. The van der Waals surface area contributed by atoms with Gasteiger partial charge in [-0.15, -0.1) is 0 Å². The zero-order valence-electron chi connectivity index (χ0n) is 14.5. The average Bonchev–Trinajstić information content (AvgIpc) is 2.97. The number of nitrogens with one attached hydrogen (secondary N) is 1. The number of phenolic OH excluding ortho intramolecular Hbond substituents is 1. The van der Waals surface area contributed by atoms with E-state index in [2.05, 4.69) is 25.2 Å². The Hall–Kier alpha value is -2.98. The highest BCUT2D eigenvalue weighted by Crippen LogP contribution is 2.34. The molecule has 2 heterocycles. The van der Waals surface area contributed by atoms with Gasteiger partial charge in [0, 0.05) is 17.4 Å². The second-order valence-electron chi connectivity index (χ2n) is 6.31. The highest BCUT2D eigenvalue weighted by atomic mass is 35.5. The predicted octanol–water partition coefficient (Wildman–Crippen LogP) is 5.72. The molecule has 130 valence electrons. The van der Waals surface area contributed by atoms with E-state index in [0.717, 1.165) is 28.4 Å². The van der Waals surface area contributed by atoms with E-state index in [1.54, 1.807) is 12.1 Å². The van der Waals surface area contributed by atoms with Crippen LogP contribution in [0.3, 0.4) is 0 Å². The summed E-state index contributed by atoms with van der Waals surface area (Å²) in [5.41, 5.74) is 5.75. The second-order valence-corrected chi connectivity index (χ2v) is 6.74. The molecule has 0 aliphatic rings. The summed E-state index contributed by atoms with van der Waals surface area (Å²) in [5.74, 6) is 1.01. The van der Waals surface area contributed by atoms with Crippen molar-refractivity contribution in [1.29, 1.82) is 0 Å². The molecule has 0 atom stereocenters. The monoisotopic (exact) mass is 363 g/mol. The summed E-state index contributed by atoms with van der Waals surface area (Å²) in [4.78, 5) is 4.74. The maximum absolute atomic E-state index is 9.88. The van der Waals surface area contributed by atoms with E-state index in [4.69, 9.17) is 16.6 Å². The van der Waals surface area contributed by atoms with Gasteiger partial charge in [-0.1, -0.05) is 35.9 Å². The van der Waals surface area contributed by atoms with E-state index in [-0.39, 0.29) is 5.75 Å². The third-order valence-corrected chi connectivity index (χ3v) is 4.78. The van der Waals surface area contributed by atoms with E-state index in [0.29, 0.717) is 5.02 Å². The minimum atomic E-state index is 0.204. The Morgan fingerprint density at radius 3 is 2.65 bits per heavy atom. The lowest BCUT2D eigenvalue weighted by Gasteiger charge is -2.13. The van der Waals surface area contributed by atoms with Crippen LogP contribution in [0, 0.1) is 13.8 Å². The van der Waals surface area contributed by atoms with Gasteiger partial charge < -0.3 is 10.4 Å². The topological polar surface area (TPSA) is 49.6 Å². The standard InChI is InChI=1S/C21H18ClN3O/c1-13-5-3-8-18(14(13)2)23-21-20(15-6-4-7-17(26)11-15)24-19-10-9-16(22)12-25(19)21/h3-12,23,26H,1-2H3. The molecule has 0 saturated carbocycles. The SMILES string of the molecule is Cc1cccc(Nc2c(-c3cccc(O)c3)nc3ccc(Cl)cn23)c1C. The largest absolute Gasteiger partial charge is 0.508 e. The first kappa shape index (κ1) is 16.5. The van der Waals surface area contributed by atoms with E-state index < -0.39 is 0 Å². The first-order valence-corrected chi connectivity index (χ1v) is 8.71. The van der Waals surface area contributed by atoms with Crippen LogP contribution in [0.5, 0.6) is 5.75 Å².